The first kappa shape index (κ1) is 19.8. The quantitative estimate of drug-likeness (QED) is 0.536. The molecule has 3 heterocycles. The lowest BCUT2D eigenvalue weighted by atomic mass is 9.95. The highest BCUT2D eigenvalue weighted by Crippen LogP contribution is 2.37. The molecule has 6 heteroatoms. The highest BCUT2D eigenvalue weighted by atomic mass is 32.1. The van der Waals surface area contributed by atoms with Gasteiger partial charge in [-0.05, 0) is 52.0 Å². The summed E-state index contributed by atoms with van der Waals surface area (Å²) in [5, 5.41) is 5.90. The Morgan fingerprint density at radius 1 is 1.07 bits per heavy atom. The molecule has 0 spiro atoms. The van der Waals surface area contributed by atoms with E-state index in [0.717, 1.165) is 59.4 Å². The van der Waals surface area contributed by atoms with E-state index in [-0.39, 0.29) is 0 Å². The van der Waals surface area contributed by atoms with Crippen molar-refractivity contribution in [2.24, 2.45) is 0 Å². The maximum atomic E-state index is 4.94. The second-order valence-electron chi connectivity index (χ2n) is 7.37. The summed E-state index contributed by atoms with van der Waals surface area (Å²) in [5.41, 5.74) is 6.51. The summed E-state index contributed by atoms with van der Waals surface area (Å²) in [6.07, 6.45) is 3.34. The number of nitrogens with zero attached hydrogens (tertiary/aromatic N) is 5. The van der Waals surface area contributed by atoms with Crippen LogP contribution in [0.4, 0.5) is 5.13 Å². The molecule has 27 heavy (non-hydrogen) atoms. The Labute approximate surface area is 166 Å². The van der Waals surface area contributed by atoms with E-state index >= 15 is 0 Å². The SMILES string of the molecule is CCCN(C)c1nc(C)c(-c2c(C)nc3c(C(CC)CC)cc(C)nn23)s1. The minimum atomic E-state index is 0.512. The molecule has 3 aromatic rings. The largest absolute Gasteiger partial charge is 0.351 e. The zero-order valence-corrected chi connectivity index (χ0v) is 18.4. The molecular weight excluding hydrogens is 354 g/mol. The van der Waals surface area contributed by atoms with E-state index in [0.29, 0.717) is 5.92 Å². The van der Waals surface area contributed by atoms with Gasteiger partial charge >= 0.3 is 0 Å². The first-order valence-electron chi connectivity index (χ1n) is 9.96. The average molecular weight is 386 g/mol. The molecule has 0 amide bonds. The molecule has 0 aliphatic heterocycles. The fourth-order valence-corrected chi connectivity index (χ4v) is 4.90. The van der Waals surface area contributed by atoms with Crippen LogP contribution in [-0.2, 0) is 0 Å². The predicted octanol–water partition coefficient (Wildman–Crippen LogP) is 5.53. The molecule has 0 unspecified atom stereocenters. The molecule has 0 fully saturated rings. The molecule has 0 radical (unpaired) electrons. The Morgan fingerprint density at radius 3 is 2.41 bits per heavy atom. The zero-order valence-electron chi connectivity index (χ0n) is 17.6. The minimum absolute atomic E-state index is 0.512. The number of imidazole rings is 1. The number of anilines is 1. The maximum absolute atomic E-state index is 4.94. The van der Waals surface area contributed by atoms with Crippen LogP contribution in [0.5, 0.6) is 0 Å². The Kier molecular flexibility index (Phi) is 5.84. The van der Waals surface area contributed by atoms with E-state index in [2.05, 4.69) is 64.1 Å². The highest BCUT2D eigenvalue weighted by molar-refractivity contribution is 7.19. The number of aryl methyl sites for hydroxylation is 3. The Bertz CT molecular complexity index is 936. The van der Waals surface area contributed by atoms with Gasteiger partial charge in [-0.15, -0.1) is 0 Å². The third kappa shape index (κ3) is 3.59. The highest BCUT2D eigenvalue weighted by Gasteiger charge is 2.23. The standard InChI is InChI=1S/C21H31N5S/c1-8-11-25(7)21-23-15(6)19(27-21)18-14(5)22-20-17(16(9-2)10-3)12-13(4)24-26(18)20/h12,16H,8-11H2,1-7H3. The van der Waals surface area contributed by atoms with E-state index in [1.165, 1.54) is 10.4 Å². The van der Waals surface area contributed by atoms with Crippen LogP contribution < -0.4 is 4.90 Å². The smallest absolute Gasteiger partial charge is 0.185 e. The van der Waals surface area contributed by atoms with Crippen molar-refractivity contribution in [3.05, 3.63) is 28.7 Å². The van der Waals surface area contributed by atoms with Gasteiger partial charge < -0.3 is 4.90 Å². The van der Waals surface area contributed by atoms with Gasteiger partial charge in [-0.3, -0.25) is 0 Å². The number of fused-ring (bicyclic) bond motifs is 1. The molecule has 5 nitrogen and oxygen atoms in total. The maximum Gasteiger partial charge on any atom is 0.185 e. The van der Waals surface area contributed by atoms with Gasteiger partial charge in [0, 0.05) is 19.2 Å². The van der Waals surface area contributed by atoms with Crippen molar-refractivity contribution in [1.82, 2.24) is 19.6 Å². The van der Waals surface area contributed by atoms with E-state index in [1.807, 2.05) is 0 Å². The van der Waals surface area contributed by atoms with Crippen LogP contribution in [0.2, 0.25) is 0 Å². The van der Waals surface area contributed by atoms with Crippen molar-refractivity contribution in [1.29, 1.82) is 0 Å². The molecule has 0 aliphatic rings. The second kappa shape index (κ2) is 7.97. The molecule has 0 aliphatic carbocycles. The lowest BCUT2D eigenvalue weighted by Crippen LogP contribution is -2.17. The van der Waals surface area contributed by atoms with Crippen LogP contribution in [0.3, 0.4) is 0 Å². The molecule has 0 bridgehead atoms. The van der Waals surface area contributed by atoms with Gasteiger partial charge in [-0.25, -0.2) is 14.5 Å². The third-order valence-electron chi connectivity index (χ3n) is 5.22. The van der Waals surface area contributed by atoms with Crippen molar-refractivity contribution in [3.63, 3.8) is 0 Å². The van der Waals surface area contributed by atoms with Gasteiger partial charge in [0.15, 0.2) is 10.8 Å². The zero-order chi connectivity index (χ0) is 19.7. The Hall–Kier alpha value is -1.95. The van der Waals surface area contributed by atoms with E-state index in [4.69, 9.17) is 15.1 Å². The summed E-state index contributed by atoms with van der Waals surface area (Å²) in [7, 11) is 2.11. The summed E-state index contributed by atoms with van der Waals surface area (Å²) in [6.45, 7) is 14.0. The monoisotopic (exact) mass is 385 g/mol. The number of rotatable bonds is 7. The van der Waals surface area contributed by atoms with Crippen molar-refractivity contribution >= 4 is 22.1 Å². The summed E-state index contributed by atoms with van der Waals surface area (Å²) in [6, 6.07) is 2.21. The van der Waals surface area contributed by atoms with Crippen LogP contribution in [0, 0.1) is 20.8 Å². The molecular formula is C21H31N5S. The van der Waals surface area contributed by atoms with Gasteiger partial charge in [0.25, 0.3) is 0 Å². The lowest BCUT2D eigenvalue weighted by Gasteiger charge is -2.14. The predicted molar refractivity (Wildman–Crippen MR) is 115 cm³/mol. The number of aromatic nitrogens is 4. The van der Waals surface area contributed by atoms with Gasteiger partial charge in [0.2, 0.25) is 0 Å². The van der Waals surface area contributed by atoms with Crippen molar-refractivity contribution in [3.8, 4) is 10.6 Å². The molecule has 3 rings (SSSR count). The van der Waals surface area contributed by atoms with Gasteiger partial charge in [0.1, 0.15) is 5.69 Å². The number of thiazole rings is 1. The van der Waals surface area contributed by atoms with Crippen molar-refractivity contribution in [2.75, 3.05) is 18.5 Å². The van der Waals surface area contributed by atoms with E-state index in [1.54, 1.807) is 11.3 Å². The fraction of sp³-hybridized carbons (Fsp3) is 0.571. The molecule has 0 aromatic carbocycles. The normalized spacial score (nSPS) is 11.7. The topological polar surface area (TPSA) is 46.3 Å². The van der Waals surface area contributed by atoms with Crippen LogP contribution in [0.25, 0.3) is 16.2 Å². The van der Waals surface area contributed by atoms with Crippen LogP contribution in [0.15, 0.2) is 6.07 Å². The summed E-state index contributed by atoms with van der Waals surface area (Å²) in [4.78, 5) is 13.2. The lowest BCUT2D eigenvalue weighted by molar-refractivity contribution is 0.638. The third-order valence-corrected chi connectivity index (χ3v) is 6.50. The minimum Gasteiger partial charge on any atom is -0.351 e. The first-order valence-corrected chi connectivity index (χ1v) is 10.8. The van der Waals surface area contributed by atoms with Gasteiger partial charge in [-0.2, -0.15) is 5.10 Å². The van der Waals surface area contributed by atoms with Gasteiger partial charge in [-0.1, -0.05) is 32.1 Å². The van der Waals surface area contributed by atoms with Gasteiger partial charge in [0.05, 0.1) is 22.0 Å². The Morgan fingerprint density at radius 2 is 1.78 bits per heavy atom. The second-order valence-corrected chi connectivity index (χ2v) is 8.35. The van der Waals surface area contributed by atoms with Crippen molar-refractivity contribution < 1.29 is 0 Å². The van der Waals surface area contributed by atoms with Crippen LogP contribution in [-0.4, -0.2) is 33.2 Å². The Balaban J connectivity index is 2.20. The molecule has 146 valence electrons. The van der Waals surface area contributed by atoms with Crippen molar-refractivity contribution in [2.45, 2.75) is 66.7 Å². The first-order chi connectivity index (χ1) is 12.9. The molecule has 3 aromatic heterocycles. The number of hydrogen-bond donors (Lipinski definition) is 0. The van der Waals surface area contributed by atoms with E-state index < -0.39 is 0 Å². The van der Waals surface area contributed by atoms with Crippen LogP contribution in [0.1, 0.15) is 68.6 Å². The fourth-order valence-electron chi connectivity index (χ4n) is 3.76. The van der Waals surface area contributed by atoms with E-state index in [9.17, 15) is 0 Å². The summed E-state index contributed by atoms with van der Waals surface area (Å²) >= 11 is 1.74. The average Bonchev–Trinajstić information content (AvgIpc) is 3.15. The summed E-state index contributed by atoms with van der Waals surface area (Å²) < 4.78 is 2.06. The van der Waals surface area contributed by atoms with Crippen LogP contribution >= 0.6 is 11.3 Å². The molecule has 0 N–H and O–H groups in total. The summed E-state index contributed by atoms with van der Waals surface area (Å²) in [5.74, 6) is 0.512. The molecule has 0 saturated heterocycles. The number of hydrogen-bond acceptors (Lipinski definition) is 5. The molecule has 0 saturated carbocycles. The molecule has 0 atom stereocenters.